The van der Waals surface area contributed by atoms with Crippen LogP contribution in [0.25, 0.3) is 0 Å². The second kappa shape index (κ2) is 5.01. The van der Waals surface area contributed by atoms with Crippen LogP contribution in [0.5, 0.6) is 0 Å². The number of amides is 2. The largest absolute Gasteiger partial charge is 0.347 e. The van der Waals surface area contributed by atoms with Gasteiger partial charge in [0.15, 0.2) is 5.78 Å². The average molecular weight is 339 g/mol. The smallest absolute Gasteiger partial charge is 0.251 e. The van der Waals surface area contributed by atoms with E-state index in [0.717, 1.165) is 4.47 Å². The molecular weight excluding hydrogens is 324 g/mol. The molecule has 5 nitrogen and oxygen atoms in total. The Morgan fingerprint density at radius 1 is 1.35 bits per heavy atom. The third kappa shape index (κ3) is 2.47. The van der Waals surface area contributed by atoms with Crippen LogP contribution >= 0.6 is 15.9 Å². The second-order valence-electron chi connectivity index (χ2n) is 5.24. The molecule has 1 aromatic carbocycles. The Kier molecular flexibility index (Phi) is 3.69. The van der Waals surface area contributed by atoms with Crippen LogP contribution < -0.4 is 10.2 Å². The molecule has 2 amide bonds. The highest BCUT2D eigenvalue weighted by Crippen LogP contribution is 2.32. The number of carbonyl (C=O) groups excluding carboxylic acids is 3. The van der Waals surface area contributed by atoms with Crippen LogP contribution in [0.1, 0.15) is 31.1 Å². The molecule has 0 spiro atoms. The van der Waals surface area contributed by atoms with E-state index in [4.69, 9.17) is 0 Å². The number of ketones is 1. The standard InChI is InChI=1S/C14H15BrN2O3/c1-8(18)10-5-4-9(15)6-11(10)17-7-12(19)16-13(20)14(17,2)3/h4-6H,7H2,1-3H3,(H,16,19,20). The van der Waals surface area contributed by atoms with Gasteiger partial charge in [-0.3, -0.25) is 19.7 Å². The lowest BCUT2D eigenvalue weighted by Gasteiger charge is -2.42. The lowest BCUT2D eigenvalue weighted by Crippen LogP contribution is -2.64. The van der Waals surface area contributed by atoms with Crippen molar-refractivity contribution in [1.29, 1.82) is 0 Å². The first-order valence-corrected chi connectivity index (χ1v) is 6.95. The number of imide groups is 1. The number of Topliss-reactive ketones (excluding diaryl/α,β-unsaturated/α-hetero) is 1. The summed E-state index contributed by atoms with van der Waals surface area (Å²) in [5.41, 5.74) is 0.169. The summed E-state index contributed by atoms with van der Waals surface area (Å²) < 4.78 is 0.784. The maximum absolute atomic E-state index is 12.0. The fourth-order valence-electron chi connectivity index (χ4n) is 2.20. The first kappa shape index (κ1) is 14.7. The van der Waals surface area contributed by atoms with Gasteiger partial charge in [0.1, 0.15) is 5.54 Å². The van der Waals surface area contributed by atoms with Crippen LogP contribution in [0.2, 0.25) is 0 Å². The molecule has 0 unspecified atom stereocenters. The molecule has 20 heavy (non-hydrogen) atoms. The van der Waals surface area contributed by atoms with Gasteiger partial charge in [0.25, 0.3) is 5.91 Å². The van der Waals surface area contributed by atoms with E-state index >= 15 is 0 Å². The van der Waals surface area contributed by atoms with Gasteiger partial charge in [-0.1, -0.05) is 15.9 Å². The number of hydrogen-bond acceptors (Lipinski definition) is 4. The molecule has 6 heteroatoms. The van der Waals surface area contributed by atoms with Gasteiger partial charge in [-0.2, -0.15) is 0 Å². The van der Waals surface area contributed by atoms with Gasteiger partial charge in [-0.25, -0.2) is 0 Å². The first-order valence-electron chi connectivity index (χ1n) is 6.16. The summed E-state index contributed by atoms with van der Waals surface area (Å²) in [4.78, 5) is 37.1. The van der Waals surface area contributed by atoms with Crippen molar-refractivity contribution in [3.05, 3.63) is 28.2 Å². The van der Waals surface area contributed by atoms with Gasteiger partial charge < -0.3 is 4.90 Å². The Morgan fingerprint density at radius 2 is 2.00 bits per heavy atom. The van der Waals surface area contributed by atoms with Crippen LogP contribution in [0.4, 0.5) is 5.69 Å². The predicted molar refractivity (Wildman–Crippen MR) is 78.7 cm³/mol. The minimum Gasteiger partial charge on any atom is -0.347 e. The van der Waals surface area contributed by atoms with Crippen LogP contribution in [0.15, 0.2) is 22.7 Å². The van der Waals surface area contributed by atoms with Crippen molar-refractivity contribution in [3.8, 4) is 0 Å². The fraction of sp³-hybridized carbons (Fsp3) is 0.357. The Balaban J connectivity index is 2.59. The minimum atomic E-state index is -0.904. The summed E-state index contributed by atoms with van der Waals surface area (Å²) >= 11 is 3.36. The average Bonchev–Trinajstić information content (AvgIpc) is 2.33. The molecule has 0 radical (unpaired) electrons. The molecular formula is C14H15BrN2O3. The molecule has 1 saturated heterocycles. The number of halogens is 1. The summed E-state index contributed by atoms with van der Waals surface area (Å²) in [6.45, 7) is 4.94. The molecule has 0 saturated carbocycles. The Morgan fingerprint density at radius 3 is 2.60 bits per heavy atom. The maximum atomic E-state index is 12.0. The lowest BCUT2D eigenvalue weighted by molar-refractivity contribution is -0.135. The van der Waals surface area contributed by atoms with Crippen molar-refractivity contribution < 1.29 is 14.4 Å². The summed E-state index contributed by atoms with van der Waals surface area (Å²) in [5.74, 6) is -0.853. The molecule has 1 aromatic rings. The van der Waals surface area contributed by atoms with Crippen molar-refractivity contribution in [2.24, 2.45) is 0 Å². The van der Waals surface area contributed by atoms with E-state index in [0.29, 0.717) is 11.3 Å². The van der Waals surface area contributed by atoms with Gasteiger partial charge in [0, 0.05) is 10.0 Å². The molecule has 2 rings (SSSR count). The van der Waals surface area contributed by atoms with Gasteiger partial charge in [-0.05, 0) is 39.0 Å². The Bertz CT molecular complexity index is 610. The monoisotopic (exact) mass is 338 g/mol. The number of benzene rings is 1. The third-order valence-electron chi connectivity index (χ3n) is 3.42. The van der Waals surface area contributed by atoms with Crippen LogP contribution in [0, 0.1) is 0 Å². The topological polar surface area (TPSA) is 66.5 Å². The summed E-state index contributed by atoms with van der Waals surface area (Å²) in [5, 5.41) is 2.32. The highest BCUT2D eigenvalue weighted by atomic mass is 79.9. The zero-order chi connectivity index (χ0) is 15.1. The summed E-state index contributed by atoms with van der Waals surface area (Å²) in [6.07, 6.45) is 0. The van der Waals surface area contributed by atoms with E-state index in [1.807, 2.05) is 0 Å². The predicted octanol–water partition coefficient (Wildman–Crippen LogP) is 1.89. The van der Waals surface area contributed by atoms with Crippen LogP contribution in [-0.2, 0) is 9.59 Å². The van der Waals surface area contributed by atoms with Crippen LogP contribution in [-0.4, -0.2) is 29.7 Å². The highest BCUT2D eigenvalue weighted by Gasteiger charge is 2.42. The molecule has 1 aliphatic heterocycles. The van der Waals surface area contributed by atoms with Gasteiger partial charge >= 0.3 is 0 Å². The molecule has 0 aliphatic carbocycles. The molecule has 106 valence electrons. The van der Waals surface area contributed by atoms with Crippen molar-refractivity contribution >= 4 is 39.2 Å². The number of carbonyl (C=O) groups is 3. The molecule has 0 aromatic heterocycles. The summed E-state index contributed by atoms with van der Waals surface area (Å²) in [6, 6.07) is 5.21. The molecule has 1 N–H and O–H groups in total. The highest BCUT2D eigenvalue weighted by molar-refractivity contribution is 9.10. The number of hydrogen-bond donors (Lipinski definition) is 1. The Hall–Kier alpha value is -1.69. The van der Waals surface area contributed by atoms with Crippen LogP contribution in [0.3, 0.4) is 0 Å². The second-order valence-corrected chi connectivity index (χ2v) is 6.16. The number of anilines is 1. The van der Waals surface area contributed by atoms with Crippen molar-refractivity contribution in [2.75, 3.05) is 11.4 Å². The summed E-state index contributed by atoms with van der Waals surface area (Å²) in [7, 11) is 0. The Labute approximate surface area is 125 Å². The molecule has 0 atom stereocenters. The van der Waals surface area contributed by atoms with E-state index in [-0.39, 0.29) is 24.1 Å². The van der Waals surface area contributed by atoms with Gasteiger partial charge in [0.2, 0.25) is 5.91 Å². The quantitative estimate of drug-likeness (QED) is 0.660. The first-order chi connectivity index (χ1) is 9.23. The van der Waals surface area contributed by atoms with E-state index in [9.17, 15) is 14.4 Å². The van der Waals surface area contributed by atoms with Crippen molar-refractivity contribution in [3.63, 3.8) is 0 Å². The number of rotatable bonds is 2. The third-order valence-corrected chi connectivity index (χ3v) is 3.91. The lowest BCUT2D eigenvalue weighted by atomic mass is 9.95. The molecule has 0 bridgehead atoms. The zero-order valence-corrected chi connectivity index (χ0v) is 13.1. The minimum absolute atomic E-state index is 0.0372. The van der Waals surface area contributed by atoms with Crippen molar-refractivity contribution in [2.45, 2.75) is 26.3 Å². The number of nitrogens with zero attached hydrogens (tertiary/aromatic N) is 1. The zero-order valence-electron chi connectivity index (χ0n) is 11.5. The normalized spacial score (nSPS) is 17.9. The van der Waals surface area contributed by atoms with Gasteiger partial charge in [-0.15, -0.1) is 0 Å². The van der Waals surface area contributed by atoms with Crippen molar-refractivity contribution in [1.82, 2.24) is 5.32 Å². The number of piperazine rings is 1. The van der Waals surface area contributed by atoms with E-state index in [1.54, 1.807) is 36.9 Å². The van der Waals surface area contributed by atoms with Gasteiger partial charge in [0.05, 0.1) is 12.2 Å². The molecule has 1 heterocycles. The van der Waals surface area contributed by atoms with E-state index in [2.05, 4.69) is 21.2 Å². The molecule has 1 fully saturated rings. The fourth-order valence-corrected chi connectivity index (χ4v) is 2.54. The van der Waals surface area contributed by atoms with E-state index < -0.39 is 5.54 Å². The van der Waals surface area contributed by atoms with E-state index in [1.165, 1.54) is 6.92 Å². The molecule has 1 aliphatic rings. The SMILES string of the molecule is CC(=O)c1ccc(Br)cc1N1CC(=O)NC(=O)C1(C)C. The number of nitrogens with one attached hydrogen (secondary N) is 1. The maximum Gasteiger partial charge on any atom is 0.251 e.